The summed E-state index contributed by atoms with van der Waals surface area (Å²) in [6, 6.07) is -0.664. The van der Waals surface area contributed by atoms with Crippen molar-refractivity contribution in [3.63, 3.8) is 0 Å². The van der Waals surface area contributed by atoms with Gasteiger partial charge in [-0.1, -0.05) is 0 Å². The lowest BCUT2D eigenvalue weighted by molar-refractivity contribution is -0.144. The highest BCUT2D eigenvalue weighted by molar-refractivity contribution is 8.00. The fraction of sp³-hybridized carbons (Fsp3) is 0.800. The maximum atomic E-state index is 11.5. The Morgan fingerprint density at radius 1 is 1.44 bits per heavy atom. The van der Waals surface area contributed by atoms with E-state index >= 15 is 0 Å². The van der Waals surface area contributed by atoms with Crippen LogP contribution in [0.25, 0.3) is 0 Å². The van der Waals surface area contributed by atoms with Gasteiger partial charge in [0.15, 0.2) is 0 Å². The molecule has 0 saturated carbocycles. The van der Waals surface area contributed by atoms with Gasteiger partial charge >= 0.3 is 5.97 Å². The van der Waals surface area contributed by atoms with Gasteiger partial charge in [0.05, 0.1) is 11.9 Å². The predicted octanol–water partition coefficient (Wildman–Crippen LogP) is 0.0867. The zero-order valence-corrected chi connectivity index (χ0v) is 11.0. The van der Waals surface area contributed by atoms with E-state index in [1.54, 1.807) is 27.9 Å². The highest BCUT2D eigenvalue weighted by Gasteiger charge is 2.20. The Balaban J connectivity index is 3.96. The number of hydrogen-bond donors (Lipinski definition) is 1. The minimum absolute atomic E-state index is 0.0149. The first-order valence-corrected chi connectivity index (χ1v) is 6.20. The maximum absolute atomic E-state index is 11.5. The summed E-state index contributed by atoms with van der Waals surface area (Å²) >= 11 is 1.36. The number of ether oxygens (including phenoxy) is 1. The largest absolute Gasteiger partial charge is 0.465 e. The van der Waals surface area contributed by atoms with Gasteiger partial charge < -0.3 is 15.4 Å². The average Bonchev–Trinajstić information content (AvgIpc) is 2.24. The number of amides is 1. The first-order valence-electron chi connectivity index (χ1n) is 5.15. The number of rotatable bonds is 6. The molecule has 2 atom stereocenters. The molecule has 94 valence electrons. The number of carbonyl (C=O) groups is 2. The van der Waals surface area contributed by atoms with E-state index in [0.29, 0.717) is 12.4 Å². The summed E-state index contributed by atoms with van der Waals surface area (Å²) in [5, 5.41) is -0.199. The van der Waals surface area contributed by atoms with Crippen LogP contribution in [0.4, 0.5) is 0 Å². The molecule has 0 saturated heterocycles. The van der Waals surface area contributed by atoms with E-state index in [-0.39, 0.29) is 11.2 Å². The quantitative estimate of drug-likeness (QED) is 0.674. The third kappa shape index (κ3) is 5.37. The third-order valence-corrected chi connectivity index (χ3v) is 3.16. The molecule has 0 heterocycles. The molecule has 2 unspecified atom stereocenters. The molecule has 0 aromatic rings. The number of carbonyl (C=O) groups excluding carboxylic acids is 2. The van der Waals surface area contributed by atoms with Gasteiger partial charge in [-0.3, -0.25) is 9.59 Å². The minimum Gasteiger partial charge on any atom is -0.465 e. The zero-order valence-electron chi connectivity index (χ0n) is 10.2. The molecule has 0 rings (SSSR count). The lowest BCUT2D eigenvalue weighted by atomic mass is 10.4. The summed E-state index contributed by atoms with van der Waals surface area (Å²) in [4.78, 5) is 24.2. The third-order valence-electron chi connectivity index (χ3n) is 1.90. The van der Waals surface area contributed by atoms with Crippen LogP contribution >= 0.6 is 11.8 Å². The molecule has 0 aromatic carbocycles. The molecular formula is C10H20N2O3S. The lowest BCUT2D eigenvalue weighted by Gasteiger charge is -2.17. The number of thioether (sulfide) groups is 1. The summed E-state index contributed by atoms with van der Waals surface area (Å²) in [5.74, 6) is -0.0138. The molecule has 0 aliphatic heterocycles. The van der Waals surface area contributed by atoms with Crippen LogP contribution in [0.1, 0.15) is 13.8 Å². The number of esters is 1. The van der Waals surface area contributed by atoms with Crippen molar-refractivity contribution in [2.45, 2.75) is 25.1 Å². The van der Waals surface area contributed by atoms with Crippen molar-refractivity contribution in [1.82, 2.24) is 4.90 Å². The number of nitrogens with two attached hydrogens (primary N) is 1. The second-order valence-corrected chi connectivity index (χ2v) is 4.94. The molecule has 0 aliphatic carbocycles. The standard InChI is InChI=1S/C10H20N2O3S/c1-5-15-10(14)8(11)6-16-7(2)9(13)12(3)4/h7-8H,5-6,11H2,1-4H3. The first kappa shape index (κ1) is 15.2. The van der Waals surface area contributed by atoms with Gasteiger partial charge in [0.1, 0.15) is 6.04 Å². The van der Waals surface area contributed by atoms with Crippen molar-refractivity contribution >= 4 is 23.6 Å². The van der Waals surface area contributed by atoms with Crippen LogP contribution in [0, 0.1) is 0 Å². The van der Waals surface area contributed by atoms with Crippen LogP contribution < -0.4 is 5.73 Å². The smallest absolute Gasteiger partial charge is 0.323 e. The van der Waals surface area contributed by atoms with E-state index in [1.165, 1.54) is 16.7 Å². The Hall–Kier alpha value is -0.750. The number of nitrogens with zero attached hydrogens (tertiary/aromatic N) is 1. The van der Waals surface area contributed by atoms with Crippen molar-refractivity contribution in [2.75, 3.05) is 26.5 Å². The molecule has 16 heavy (non-hydrogen) atoms. The van der Waals surface area contributed by atoms with Crippen LogP contribution in [0.5, 0.6) is 0 Å². The van der Waals surface area contributed by atoms with Crippen LogP contribution in [-0.4, -0.2) is 54.5 Å². The summed E-state index contributed by atoms with van der Waals surface area (Å²) in [6.07, 6.45) is 0. The summed E-state index contributed by atoms with van der Waals surface area (Å²) in [5.41, 5.74) is 5.61. The monoisotopic (exact) mass is 248 g/mol. The highest BCUT2D eigenvalue weighted by atomic mass is 32.2. The molecule has 0 aromatic heterocycles. The van der Waals surface area contributed by atoms with E-state index in [9.17, 15) is 9.59 Å². The van der Waals surface area contributed by atoms with Crippen LogP contribution in [0.15, 0.2) is 0 Å². The Labute approximate surface area is 101 Å². The average molecular weight is 248 g/mol. The number of hydrogen-bond acceptors (Lipinski definition) is 5. The van der Waals surface area contributed by atoms with Gasteiger partial charge in [-0.25, -0.2) is 0 Å². The topological polar surface area (TPSA) is 72.6 Å². The molecule has 6 heteroatoms. The van der Waals surface area contributed by atoms with Crippen molar-refractivity contribution in [2.24, 2.45) is 5.73 Å². The van der Waals surface area contributed by atoms with Crippen molar-refractivity contribution in [1.29, 1.82) is 0 Å². The van der Waals surface area contributed by atoms with E-state index in [0.717, 1.165) is 0 Å². The highest BCUT2D eigenvalue weighted by Crippen LogP contribution is 2.13. The fourth-order valence-corrected chi connectivity index (χ4v) is 1.99. The Bertz CT molecular complexity index is 246. The van der Waals surface area contributed by atoms with E-state index < -0.39 is 12.0 Å². The molecule has 5 nitrogen and oxygen atoms in total. The van der Waals surface area contributed by atoms with Crippen molar-refractivity contribution in [3.05, 3.63) is 0 Å². The van der Waals surface area contributed by atoms with Gasteiger partial charge in [0.25, 0.3) is 0 Å². The predicted molar refractivity (Wildman–Crippen MR) is 65.2 cm³/mol. The molecule has 0 spiro atoms. The lowest BCUT2D eigenvalue weighted by Crippen LogP contribution is -2.37. The molecule has 0 fully saturated rings. The molecule has 1 amide bonds. The van der Waals surface area contributed by atoms with Crippen LogP contribution in [-0.2, 0) is 14.3 Å². The summed E-state index contributed by atoms with van der Waals surface area (Å²) in [6.45, 7) is 3.85. The van der Waals surface area contributed by atoms with E-state index in [2.05, 4.69) is 0 Å². The maximum Gasteiger partial charge on any atom is 0.323 e. The van der Waals surface area contributed by atoms with Crippen LogP contribution in [0.2, 0.25) is 0 Å². The van der Waals surface area contributed by atoms with Gasteiger partial charge in [0.2, 0.25) is 5.91 Å². The van der Waals surface area contributed by atoms with Gasteiger partial charge in [-0.15, -0.1) is 11.8 Å². The van der Waals surface area contributed by atoms with Crippen molar-refractivity contribution in [3.8, 4) is 0 Å². The fourth-order valence-electron chi connectivity index (χ4n) is 1.00. The second kappa shape index (κ2) is 7.51. The zero-order chi connectivity index (χ0) is 12.7. The van der Waals surface area contributed by atoms with Gasteiger partial charge in [-0.2, -0.15) is 0 Å². The Kier molecular flexibility index (Phi) is 7.16. The minimum atomic E-state index is -0.664. The first-order chi connectivity index (χ1) is 7.40. The second-order valence-electron chi connectivity index (χ2n) is 3.57. The summed E-state index contributed by atoms with van der Waals surface area (Å²) < 4.78 is 4.77. The Morgan fingerprint density at radius 3 is 2.44 bits per heavy atom. The van der Waals surface area contributed by atoms with Crippen LogP contribution in [0.3, 0.4) is 0 Å². The molecule has 0 bridgehead atoms. The van der Waals surface area contributed by atoms with Gasteiger partial charge in [0, 0.05) is 19.8 Å². The normalized spacial score (nSPS) is 14.1. The van der Waals surface area contributed by atoms with Gasteiger partial charge in [-0.05, 0) is 13.8 Å². The molecule has 0 aliphatic rings. The van der Waals surface area contributed by atoms with E-state index in [1.807, 2.05) is 0 Å². The SMILES string of the molecule is CCOC(=O)C(N)CSC(C)C(=O)N(C)C. The Morgan fingerprint density at radius 2 is 2.00 bits per heavy atom. The van der Waals surface area contributed by atoms with E-state index in [4.69, 9.17) is 10.5 Å². The molecular weight excluding hydrogens is 228 g/mol. The molecule has 0 radical (unpaired) electrons. The summed E-state index contributed by atoms with van der Waals surface area (Å²) in [7, 11) is 3.40. The molecule has 2 N–H and O–H groups in total. The van der Waals surface area contributed by atoms with Crippen molar-refractivity contribution < 1.29 is 14.3 Å².